The summed E-state index contributed by atoms with van der Waals surface area (Å²) in [5.41, 5.74) is 1.43. The van der Waals surface area contributed by atoms with E-state index in [4.69, 9.17) is 16.3 Å². The van der Waals surface area contributed by atoms with Crippen LogP contribution in [0.4, 0.5) is 5.82 Å². The van der Waals surface area contributed by atoms with E-state index in [0.717, 1.165) is 30.2 Å². The number of anilines is 1. The van der Waals surface area contributed by atoms with Crippen molar-refractivity contribution < 1.29 is 4.74 Å². The van der Waals surface area contributed by atoms with Gasteiger partial charge in [-0.1, -0.05) is 0 Å². The van der Waals surface area contributed by atoms with Crippen LogP contribution in [0.5, 0.6) is 0 Å². The maximum atomic E-state index is 6.02. The van der Waals surface area contributed by atoms with Gasteiger partial charge in [0, 0.05) is 13.1 Å². The van der Waals surface area contributed by atoms with Crippen molar-refractivity contribution in [1.82, 2.24) is 25.3 Å². The smallest absolute Gasteiger partial charge is 0.226 e. The van der Waals surface area contributed by atoms with E-state index in [9.17, 15) is 0 Å². The molecule has 1 saturated heterocycles. The molecule has 108 valence electrons. The lowest BCUT2D eigenvalue weighted by Crippen LogP contribution is -2.37. The largest absolute Gasteiger partial charge is 0.378 e. The van der Waals surface area contributed by atoms with Gasteiger partial charge in [0.15, 0.2) is 17.0 Å². The van der Waals surface area contributed by atoms with E-state index < -0.39 is 0 Å². The molecule has 20 heavy (non-hydrogen) atoms. The molecule has 2 aromatic rings. The number of imidazole rings is 1. The molecule has 0 spiro atoms. The Morgan fingerprint density at radius 3 is 2.75 bits per heavy atom. The van der Waals surface area contributed by atoms with Crippen LogP contribution in [0.25, 0.3) is 11.2 Å². The first kappa shape index (κ1) is 13.5. The van der Waals surface area contributed by atoms with Gasteiger partial charge in [0.2, 0.25) is 5.28 Å². The van der Waals surface area contributed by atoms with E-state index in [-0.39, 0.29) is 11.3 Å². The topological polar surface area (TPSA) is 79.0 Å². The fourth-order valence-corrected chi connectivity index (χ4v) is 2.38. The Morgan fingerprint density at radius 1 is 1.30 bits per heavy atom. The molecule has 3 heterocycles. The summed E-state index contributed by atoms with van der Waals surface area (Å²) >= 11 is 6.02. The number of aromatic nitrogens is 4. The number of aromatic amines is 1. The summed E-state index contributed by atoms with van der Waals surface area (Å²) in [5.74, 6) is 1.60. The Labute approximate surface area is 121 Å². The van der Waals surface area contributed by atoms with Gasteiger partial charge in [-0.05, 0) is 25.6 Å². The van der Waals surface area contributed by atoms with Gasteiger partial charge in [-0.15, -0.1) is 0 Å². The molecular weight excluding hydrogens is 280 g/mol. The second kappa shape index (κ2) is 5.51. The van der Waals surface area contributed by atoms with Gasteiger partial charge in [0.1, 0.15) is 5.82 Å². The summed E-state index contributed by atoms with van der Waals surface area (Å²) in [6.45, 7) is 4.97. The molecule has 1 aliphatic heterocycles. The van der Waals surface area contributed by atoms with Crippen LogP contribution in [0.3, 0.4) is 0 Å². The number of nitrogens with zero attached hydrogens (tertiary/aromatic N) is 4. The molecule has 0 bridgehead atoms. The Balaban J connectivity index is 2.07. The predicted molar refractivity (Wildman–Crippen MR) is 77.2 cm³/mol. The second-order valence-electron chi connectivity index (χ2n) is 4.75. The molecule has 2 aromatic heterocycles. The molecule has 0 aromatic carbocycles. The predicted octanol–water partition coefficient (Wildman–Crippen LogP) is 1.12. The van der Waals surface area contributed by atoms with Crippen molar-refractivity contribution in [1.29, 1.82) is 0 Å². The van der Waals surface area contributed by atoms with E-state index in [1.807, 2.05) is 14.0 Å². The summed E-state index contributed by atoms with van der Waals surface area (Å²) < 4.78 is 5.37. The normalized spacial score (nSPS) is 17.6. The minimum atomic E-state index is 0.112. The monoisotopic (exact) mass is 296 g/mol. The highest BCUT2D eigenvalue weighted by atomic mass is 35.5. The SMILES string of the molecule is CNC(C)c1nc2c(N3CCOCC3)nc(Cl)nc2[nH]1. The fraction of sp³-hybridized carbons (Fsp3) is 0.583. The van der Waals surface area contributed by atoms with Crippen molar-refractivity contribution in [2.75, 3.05) is 38.3 Å². The van der Waals surface area contributed by atoms with E-state index in [1.54, 1.807) is 0 Å². The maximum Gasteiger partial charge on any atom is 0.226 e. The summed E-state index contributed by atoms with van der Waals surface area (Å²) in [7, 11) is 1.89. The van der Waals surface area contributed by atoms with Gasteiger partial charge in [0.25, 0.3) is 0 Å². The molecule has 0 amide bonds. The highest BCUT2D eigenvalue weighted by Gasteiger charge is 2.20. The molecule has 8 heteroatoms. The molecule has 1 unspecified atom stereocenters. The highest BCUT2D eigenvalue weighted by molar-refractivity contribution is 6.28. The van der Waals surface area contributed by atoms with Gasteiger partial charge < -0.3 is 19.9 Å². The number of hydrogen-bond acceptors (Lipinski definition) is 6. The molecule has 0 radical (unpaired) electrons. The second-order valence-corrected chi connectivity index (χ2v) is 5.08. The zero-order chi connectivity index (χ0) is 14.1. The van der Waals surface area contributed by atoms with Crippen LogP contribution < -0.4 is 10.2 Å². The molecule has 1 aliphatic rings. The van der Waals surface area contributed by atoms with Gasteiger partial charge in [-0.3, -0.25) is 0 Å². The van der Waals surface area contributed by atoms with Crippen LogP contribution in [0.1, 0.15) is 18.8 Å². The number of morpholine rings is 1. The summed E-state index contributed by atoms with van der Waals surface area (Å²) in [5, 5.41) is 3.38. The Bertz CT molecular complexity index is 609. The number of rotatable bonds is 3. The molecule has 1 atom stereocenters. The third kappa shape index (κ3) is 2.44. The lowest BCUT2D eigenvalue weighted by Gasteiger charge is -2.27. The first-order chi connectivity index (χ1) is 9.69. The lowest BCUT2D eigenvalue weighted by molar-refractivity contribution is 0.122. The van der Waals surface area contributed by atoms with Crippen molar-refractivity contribution in [3.05, 3.63) is 11.1 Å². The van der Waals surface area contributed by atoms with Crippen molar-refractivity contribution in [3.63, 3.8) is 0 Å². The zero-order valence-electron chi connectivity index (χ0n) is 11.5. The number of halogens is 1. The number of nitrogens with one attached hydrogen (secondary N) is 2. The average Bonchev–Trinajstić information content (AvgIpc) is 2.90. The molecular formula is C12H17ClN6O. The summed E-state index contributed by atoms with van der Waals surface area (Å²) in [4.78, 5) is 18.5. The van der Waals surface area contributed by atoms with Crippen LogP contribution in [-0.2, 0) is 4.74 Å². The molecule has 7 nitrogen and oxygen atoms in total. The van der Waals surface area contributed by atoms with Gasteiger partial charge in [0.05, 0.1) is 19.3 Å². The van der Waals surface area contributed by atoms with Crippen LogP contribution >= 0.6 is 11.6 Å². The minimum Gasteiger partial charge on any atom is -0.378 e. The zero-order valence-corrected chi connectivity index (χ0v) is 12.2. The van der Waals surface area contributed by atoms with Crippen LogP contribution in [0.15, 0.2) is 0 Å². The van der Waals surface area contributed by atoms with Crippen molar-refractivity contribution in [3.8, 4) is 0 Å². The third-order valence-electron chi connectivity index (χ3n) is 3.47. The van der Waals surface area contributed by atoms with Gasteiger partial charge in [-0.25, -0.2) is 4.98 Å². The maximum absolute atomic E-state index is 6.02. The van der Waals surface area contributed by atoms with Crippen LogP contribution in [0, 0.1) is 0 Å². The summed E-state index contributed by atoms with van der Waals surface area (Å²) in [6.07, 6.45) is 0. The van der Waals surface area contributed by atoms with Gasteiger partial charge in [-0.2, -0.15) is 9.97 Å². The number of ether oxygens (including phenoxy) is 1. The molecule has 0 aliphatic carbocycles. The summed E-state index contributed by atoms with van der Waals surface area (Å²) in [6, 6.07) is 0.112. The quantitative estimate of drug-likeness (QED) is 0.827. The Morgan fingerprint density at radius 2 is 2.05 bits per heavy atom. The van der Waals surface area contributed by atoms with E-state index in [0.29, 0.717) is 18.9 Å². The van der Waals surface area contributed by atoms with E-state index in [1.165, 1.54) is 0 Å². The van der Waals surface area contributed by atoms with Gasteiger partial charge >= 0.3 is 0 Å². The Hall–Kier alpha value is -1.44. The van der Waals surface area contributed by atoms with E-state index >= 15 is 0 Å². The van der Waals surface area contributed by atoms with Crippen molar-refractivity contribution in [2.45, 2.75) is 13.0 Å². The van der Waals surface area contributed by atoms with E-state index in [2.05, 4.69) is 30.2 Å². The molecule has 2 N–H and O–H groups in total. The fourth-order valence-electron chi connectivity index (χ4n) is 2.21. The number of hydrogen-bond donors (Lipinski definition) is 2. The van der Waals surface area contributed by atoms with Crippen molar-refractivity contribution in [2.24, 2.45) is 0 Å². The Kier molecular flexibility index (Phi) is 3.73. The third-order valence-corrected chi connectivity index (χ3v) is 3.64. The molecule has 3 rings (SSSR count). The lowest BCUT2D eigenvalue weighted by atomic mass is 10.3. The first-order valence-electron chi connectivity index (χ1n) is 6.62. The molecule has 0 saturated carbocycles. The first-order valence-corrected chi connectivity index (χ1v) is 7.00. The highest BCUT2D eigenvalue weighted by Crippen LogP contribution is 2.25. The number of H-pyrrole nitrogens is 1. The standard InChI is InChI=1S/C12H17ClN6O/c1-7(14-2)9-15-8-10(16-9)17-12(13)18-11(8)19-3-5-20-6-4-19/h7,14H,3-6H2,1-2H3,(H,15,16,17,18). The average molecular weight is 297 g/mol. The van der Waals surface area contributed by atoms with Crippen LogP contribution in [0.2, 0.25) is 5.28 Å². The van der Waals surface area contributed by atoms with Crippen LogP contribution in [-0.4, -0.2) is 53.3 Å². The minimum absolute atomic E-state index is 0.112. The number of fused-ring (bicyclic) bond motifs is 1. The van der Waals surface area contributed by atoms with Crippen molar-refractivity contribution >= 4 is 28.6 Å². The molecule has 1 fully saturated rings.